The highest BCUT2D eigenvalue weighted by Gasteiger charge is 2.25. The van der Waals surface area contributed by atoms with Gasteiger partial charge in [-0.05, 0) is 43.7 Å². The largest absolute Gasteiger partial charge is 0.495 e. The number of para-hydroxylation sites is 1. The predicted molar refractivity (Wildman–Crippen MR) is 92.5 cm³/mol. The van der Waals surface area contributed by atoms with E-state index in [1.165, 1.54) is 44.4 Å². The minimum atomic E-state index is -4.00. The highest BCUT2D eigenvalue weighted by atomic mass is 32.2. The number of aryl methyl sites for hydroxylation is 1. The highest BCUT2D eigenvalue weighted by molar-refractivity contribution is 7.89. The molecular weight excluding hydrogens is 347 g/mol. The molecule has 2 aromatic carbocycles. The topological polar surface area (TPSA) is 84.5 Å². The number of anilines is 1. The van der Waals surface area contributed by atoms with Crippen LogP contribution in [0.3, 0.4) is 0 Å². The molecule has 0 fully saturated rings. The molecule has 1 amide bonds. The second kappa shape index (κ2) is 7.62. The van der Waals surface area contributed by atoms with Crippen molar-refractivity contribution >= 4 is 21.6 Å². The van der Waals surface area contributed by atoms with Gasteiger partial charge in [0.15, 0.2) is 0 Å². The summed E-state index contributed by atoms with van der Waals surface area (Å²) >= 11 is 0. The van der Waals surface area contributed by atoms with Gasteiger partial charge in [0.05, 0.1) is 18.8 Å². The number of hydrogen-bond acceptors (Lipinski definition) is 4. The fraction of sp³-hybridized carbons (Fsp3) is 0.235. The lowest BCUT2D eigenvalue weighted by molar-refractivity contribution is -0.117. The van der Waals surface area contributed by atoms with Crippen molar-refractivity contribution < 1.29 is 22.3 Å². The lowest BCUT2D eigenvalue weighted by atomic mass is 10.2. The van der Waals surface area contributed by atoms with Gasteiger partial charge in [-0.1, -0.05) is 18.2 Å². The van der Waals surface area contributed by atoms with Gasteiger partial charge in [0, 0.05) is 0 Å². The zero-order valence-corrected chi connectivity index (χ0v) is 14.9. The highest BCUT2D eigenvalue weighted by Crippen LogP contribution is 2.24. The molecule has 0 bridgehead atoms. The molecule has 2 aromatic rings. The molecule has 8 heteroatoms. The van der Waals surface area contributed by atoms with E-state index in [0.29, 0.717) is 0 Å². The van der Waals surface area contributed by atoms with Crippen LogP contribution in [0.2, 0.25) is 0 Å². The summed E-state index contributed by atoms with van der Waals surface area (Å²) in [6, 6.07) is 9.21. The van der Waals surface area contributed by atoms with Gasteiger partial charge in [-0.25, -0.2) is 12.8 Å². The first kappa shape index (κ1) is 18.9. The normalized spacial score (nSPS) is 12.5. The molecule has 0 aliphatic rings. The number of halogens is 1. The number of sulfonamides is 1. The molecule has 0 aromatic heterocycles. The van der Waals surface area contributed by atoms with Crippen LogP contribution in [0.4, 0.5) is 10.1 Å². The number of hydrogen-bond donors (Lipinski definition) is 2. The average molecular weight is 366 g/mol. The molecule has 6 nitrogen and oxygen atoms in total. The molecule has 0 spiro atoms. The van der Waals surface area contributed by atoms with Crippen molar-refractivity contribution in [2.24, 2.45) is 0 Å². The Morgan fingerprint density at radius 2 is 1.88 bits per heavy atom. The molecule has 0 aliphatic heterocycles. The Hall–Kier alpha value is -2.45. The minimum Gasteiger partial charge on any atom is -0.495 e. The average Bonchev–Trinajstić information content (AvgIpc) is 2.56. The summed E-state index contributed by atoms with van der Waals surface area (Å²) in [7, 11) is -2.64. The Balaban J connectivity index is 2.19. The van der Waals surface area contributed by atoms with Crippen molar-refractivity contribution in [3.05, 3.63) is 53.8 Å². The van der Waals surface area contributed by atoms with Gasteiger partial charge in [-0.3, -0.25) is 4.79 Å². The van der Waals surface area contributed by atoms with E-state index in [4.69, 9.17) is 4.74 Å². The molecule has 0 radical (unpaired) electrons. The minimum absolute atomic E-state index is 0.0216. The number of rotatable bonds is 6. The summed E-state index contributed by atoms with van der Waals surface area (Å²) < 4.78 is 46.0. The van der Waals surface area contributed by atoms with Crippen LogP contribution < -0.4 is 14.8 Å². The van der Waals surface area contributed by atoms with Crippen LogP contribution in [0.25, 0.3) is 0 Å². The van der Waals surface area contributed by atoms with Crippen LogP contribution in [0.1, 0.15) is 12.5 Å². The van der Waals surface area contributed by atoms with Gasteiger partial charge >= 0.3 is 0 Å². The first-order valence-corrected chi connectivity index (χ1v) is 8.95. The van der Waals surface area contributed by atoms with Crippen molar-refractivity contribution in [1.29, 1.82) is 0 Å². The smallest absolute Gasteiger partial charge is 0.244 e. The molecule has 2 rings (SSSR count). The molecule has 0 aliphatic carbocycles. The Morgan fingerprint density at radius 1 is 1.20 bits per heavy atom. The summed E-state index contributed by atoms with van der Waals surface area (Å²) in [5.41, 5.74) is 0.705. The fourth-order valence-corrected chi connectivity index (χ4v) is 3.60. The second-order valence-corrected chi connectivity index (χ2v) is 7.15. The fourth-order valence-electron chi connectivity index (χ4n) is 2.15. The monoisotopic (exact) mass is 366 g/mol. The van der Waals surface area contributed by atoms with Gasteiger partial charge in [-0.15, -0.1) is 0 Å². The Bertz CT molecular complexity index is 884. The third kappa shape index (κ3) is 4.55. The van der Waals surface area contributed by atoms with Crippen molar-refractivity contribution in [2.75, 3.05) is 12.4 Å². The van der Waals surface area contributed by atoms with E-state index in [2.05, 4.69) is 10.0 Å². The molecule has 0 heterocycles. The van der Waals surface area contributed by atoms with Gasteiger partial charge < -0.3 is 10.1 Å². The van der Waals surface area contributed by atoms with Crippen molar-refractivity contribution in [1.82, 2.24) is 4.72 Å². The number of carbonyl (C=O) groups is 1. The third-order valence-electron chi connectivity index (χ3n) is 3.47. The zero-order chi connectivity index (χ0) is 18.6. The maximum Gasteiger partial charge on any atom is 0.244 e. The molecule has 1 atom stereocenters. The maximum atomic E-state index is 13.6. The third-order valence-corrected chi connectivity index (χ3v) is 5.03. The lowest BCUT2D eigenvalue weighted by Crippen LogP contribution is -2.41. The molecule has 0 saturated carbocycles. The molecule has 134 valence electrons. The number of benzene rings is 2. The van der Waals surface area contributed by atoms with Gasteiger partial charge in [-0.2, -0.15) is 4.72 Å². The molecular formula is C17H19FN2O4S. The number of methoxy groups -OCH3 is 1. The standard InChI is InChI=1S/C17H19FN2O4S/c1-11-8-9-15(24-3)16(10-11)25(22,23)20-12(2)17(21)19-14-7-5-4-6-13(14)18/h4-10,12,20H,1-3H3,(H,19,21)/t12-/m0/s1. The van der Waals surface area contributed by atoms with E-state index >= 15 is 0 Å². The van der Waals surface area contributed by atoms with Crippen molar-refractivity contribution in [2.45, 2.75) is 24.8 Å². The SMILES string of the molecule is COc1ccc(C)cc1S(=O)(=O)N[C@@H](C)C(=O)Nc1ccccc1F. The summed E-state index contributed by atoms with van der Waals surface area (Å²) in [4.78, 5) is 12.1. The van der Waals surface area contributed by atoms with E-state index in [-0.39, 0.29) is 16.3 Å². The number of nitrogens with one attached hydrogen (secondary N) is 2. The lowest BCUT2D eigenvalue weighted by Gasteiger charge is -2.16. The predicted octanol–water partition coefficient (Wildman–Crippen LogP) is 2.45. The zero-order valence-electron chi connectivity index (χ0n) is 14.0. The van der Waals surface area contributed by atoms with Crippen LogP contribution in [0, 0.1) is 12.7 Å². The number of carbonyl (C=O) groups excluding carboxylic acids is 1. The Kier molecular flexibility index (Phi) is 5.76. The maximum absolute atomic E-state index is 13.6. The van der Waals surface area contributed by atoms with Crippen molar-refractivity contribution in [3.63, 3.8) is 0 Å². The summed E-state index contributed by atoms with van der Waals surface area (Å²) in [5.74, 6) is -1.12. The van der Waals surface area contributed by atoms with Gasteiger partial charge in [0.2, 0.25) is 15.9 Å². The van der Waals surface area contributed by atoms with Crippen LogP contribution in [0.5, 0.6) is 5.75 Å². The first-order valence-electron chi connectivity index (χ1n) is 7.47. The molecule has 2 N–H and O–H groups in total. The van der Waals surface area contributed by atoms with Crippen LogP contribution in [-0.4, -0.2) is 27.5 Å². The second-order valence-electron chi connectivity index (χ2n) is 5.47. The summed E-state index contributed by atoms with van der Waals surface area (Å²) in [6.07, 6.45) is 0. The van der Waals surface area contributed by atoms with Crippen LogP contribution in [-0.2, 0) is 14.8 Å². The van der Waals surface area contributed by atoms with Crippen LogP contribution in [0.15, 0.2) is 47.4 Å². The van der Waals surface area contributed by atoms with E-state index in [1.807, 2.05) is 0 Å². The van der Waals surface area contributed by atoms with Gasteiger partial charge in [0.1, 0.15) is 16.5 Å². The quantitative estimate of drug-likeness (QED) is 0.822. The molecule has 25 heavy (non-hydrogen) atoms. The first-order chi connectivity index (χ1) is 11.7. The summed E-state index contributed by atoms with van der Waals surface area (Å²) in [5, 5.41) is 2.35. The number of amides is 1. The van der Waals surface area contributed by atoms with E-state index < -0.39 is 27.8 Å². The van der Waals surface area contributed by atoms with E-state index in [1.54, 1.807) is 19.1 Å². The summed E-state index contributed by atoms with van der Waals surface area (Å²) in [6.45, 7) is 3.11. The van der Waals surface area contributed by atoms with Crippen LogP contribution >= 0.6 is 0 Å². The number of ether oxygens (including phenoxy) is 1. The van der Waals surface area contributed by atoms with Crippen molar-refractivity contribution in [3.8, 4) is 5.75 Å². The van der Waals surface area contributed by atoms with E-state index in [9.17, 15) is 17.6 Å². The Morgan fingerprint density at radius 3 is 2.52 bits per heavy atom. The van der Waals surface area contributed by atoms with Gasteiger partial charge in [0.25, 0.3) is 0 Å². The Labute approximate surface area is 146 Å². The molecule has 0 saturated heterocycles. The molecule has 0 unspecified atom stereocenters. The van der Waals surface area contributed by atoms with E-state index in [0.717, 1.165) is 5.56 Å².